The summed E-state index contributed by atoms with van der Waals surface area (Å²) in [7, 11) is 0. The van der Waals surface area contributed by atoms with E-state index >= 15 is 0 Å². The molecule has 1 amide bonds. The molecule has 3 heterocycles. The van der Waals surface area contributed by atoms with Gasteiger partial charge in [-0.3, -0.25) is 4.79 Å². The molecule has 1 saturated heterocycles. The van der Waals surface area contributed by atoms with Crippen LogP contribution in [0.25, 0.3) is 11.4 Å². The predicted octanol–water partition coefficient (Wildman–Crippen LogP) is 1.66. The van der Waals surface area contributed by atoms with Crippen LogP contribution in [0.3, 0.4) is 0 Å². The summed E-state index contributed by atoms with van der Waals surface area (Å²) in [6.07, 6.45) is 5.58. The number of rotatable bonds is 3. The molecule has 124 valence electrons. The number of carbonyl (C=O) groups excluding carboxylic acids is 1. The predicted molar refractivity (Wildman–Crippen MR) is 90.1 cm³/mol. The van der Waals surface area contributed by atoms with E-state index in [9.17, 15) is 4.79 Å². The summed E-state index contributed by atoms with van der Waals surface area (Å²) in [5, 5.41) is 0. The fourth-order valence-electron chi connectivity index (χ4n) is 3.65. The van der Waals surface area contributed by atoms with Crippen LogP contribution in [0, 0.1) is 18.8 Å². The lowest BCUT2D eigenvalue weighted by Gasteiger charge is -2.34. The first-order valence-corrected chi connectivity index (χ1v) is 8.43. The van der Waals surface area contributed by atoms with E-state index in [0.29, 0.717) is 29.5 Å². The molecule has 0 bridgehead atoms. The molecular weight excluding hydrogens is 302 g/mol. The zero-order valence-electron chi connectivity index (χ0n) is 13.7. The summed E-state index contributed by atoms with van der Waals surface area (Å²) in [4.78, 5) is 28.2. The van der Waals surface area contributed by atoms with Crippen LogP contribution in [0.2, 0.25) is 0 Å². The van der Waals surface area contributed by atoms with E-state index in [0.717, 1.165) is 24.6 Å². The van der Waals surface area contributed by atoms with E-state index < -0.39 is 0 Å². The number of hydrogen-bond acceptors (Lipinski definition) is 5. The molecule has 3 atom stereocenters. The van der Waals surface area contributed by atoms with Crippen molar-refractivity contribution >= 4 is 5.91 Å². The number of piperidine rings is 1. The van der Waals surface area contributed by atoms with Crippen molar-refractivity contribution in [3.8, 4) is 11.4 Å². The van der Waals surface area contributed by atoms with Crippen molar-refractivity contribution in [2.24, 2.45) is 17.6 Å². The van der Waals surface area contributed by atoms with Gasteiger partial charge in [-0.05, 0) is 49.8 Å². The van der Waals surface area contributed by atoms with Gasteiger partial charge >= 0.3 is 0 Å². The van der Waals surface area contributed by atoms with Crippen molar-refractivity contribution in [2.45, 2.75) is 25.8 Å². The third kappa shape index (κ3) is 2.67. The van der Waals surface area contributed by atoms with Crippen molar-refractivity contribution in [1.82, 2.24) is 19.9 Å². The molecule has 1 aliphatic heterocycles. The Morgan fingerprint density at radius 1 is 1.25 bits per heavy atom. The number of aryl methyl sites for hydroxylation is 1. The standard InChI is InChI=1S/C18H21N5O/c1-11-3-4-15(17-20-5-2-6-21-17)16(22-11)18(24)23-10-13-7-12(13)8-14(23)9-19/h2-6,12-14H,7-10,19H2,1H3/t12-,13+,14+/m1/s1. The maximum Gasteiger partial charge on any atom is 0.273 e. The number of amides is 1. The molecule has 2 aromatic rings. The highest BCUT2D eigenvalue weighted by Gasteiger charge is 2.47. The van der Waals surface area contributed by atoms with E-state index in [1.165, 1.54) is 6.42 Å². The van der Waals surface area contributed by atoms with E-state index in [1.807, 2.05) is 24.0 Å². The molecule has 2 aromatic heterocycles. The molecule has 6 nitrogen and oxygen atoms in total. The van der Waals surface area contributed by atoms with Gasteiger partial charge in [0, 0.05) is 37.2 Å². The Hall–Kier alpha value is -2.34. The van der Waals surface area contributed by atoms with Crippen LogP contribution >= 0.6 is 0 Å². The average Bonchev–Trinajstić information content (AvgIpc) is 3.39. The van der Waals surface area contributed by atoms with E-state index in [1.54, 1.807) is 18.5 Å². The fraction of sp³-hybridized carbons (Fsp3) is 0.444. The van der Waals surface area contributed by atoms with E-state index in [4.69, 9.17) is 5.73 Å². The van der Waals surface area contributed by atoms with Crippen molar-refractivity contribution in [1.29, 1.82) is 0 Å². The third-order valence-electron chi connectivity index (χ3n) is 5.09. The second kappa shape index (κ2) is 5.94. The lowest BCUT2D eigenvalue weighted by molar-refractivity contribution is 0.0605. The van der Waals surface area contributed by atoms with Crippen molar-refractivity contribution in [2.75, 3.05) is 13.1 Å². The minimum absolute atomic E-state index is 0.0537. The molecule has 2 aliphatic rings. The Bertz CT molecular complexity index is 763. The first kappa shape index (κ1) is 15.2. The topological polar surface area (TPSA) is 85.0 Å². The van der Waals surface area contributed by atoms with Crippen LogP contribution in [0.4, 0.5) is 0 Å². The molecule has 0 aromatic carbocycles. The highest BCUT2D eigenvalue weighted by Crippen LogP contribution is 2.47. The molecule has 4 rings (SSSR count). The molecule has 1 aliphatic carbocycles. The maximum absolute atomic E-state index is 13.2. The number of carbonyl (C=O) groups is 1. The number of nitrogens with zero attached hydrogens (tertiary/aromatic N) is 4. The molecule has 2 N–H and O–H groups in total. The van der Waals surface area contributed by atoms with Crippen LogP contribution in [0.15, 0.2) is 30.6 Å². The van der Waals surface area contributed by atoms with Gasteiger partial charge in [-0.1, -0.05) is 0 Å². The molecule has 0 spiro atoms. The van der Waals surface area contributed by atoms with Gasteiger partial charge in [-0.2, -0.15) is 0 Å². The molecule has 2 fully saturated rings. The number of nitrogens with two attached hydrogens (primary N) is 1. The largest absolute Gasteiger partial charge is 0.333 e. The van der Waals surface area contributed by atoms with Crippen LogP contribution in [0.1, 0.15) is 29.0 Å². The van der Waals surface area contributed by atoms with Gasteiger partial charge in [0.1, 0.15) is 5.69 Å². The summed E-state index contributed by atoms with van der Waals surface area (Å²) in [5.41, 5.74) is 7.85. The summed E-state index contributed by atoms with van der Waals surface area (Å²) < 4.78 is 0. The lowest BCUT2D eigenvalue weighted by Crippen LogP contribution is -2.48. The highest BCUT2D eigenvalue weighted by molar-refractivity contribution is 5.98. The Morgan fingerprint density at radius 3 is 2.79 bits per heavy atom. The van der Waals surface area contributed by atoms with Crippen LogP contribution in [-0.4, -0.2) is 44.9 Å². The SMILES string of the molecule is Cc1ccc(-c2ncccn2)c(C(=O)N2C[C@@H]3C[C@@H]3C[C@H]2CN)n1. The molecule has 0 unspecified atom stereocenters. The lowest BCUT2D eigenvalue weighted by atomic mass is 10.0. The first-order chi connectivity index (χ1) is 11.7. The second-order valence-electron chi connectivity index (χ2n) is 6.76. The first-order valence-electron chi connectivity index (χ1n) is 8.43. The number of hydrogen-bond donors (Lipinski definition) is 1. The van der Waals surface area contributed by atoms with E-state index in [-0.39, 0.29) is 11.9 Å². The summed E-state index contributed by atoms with van der Waals surface area (Å²) in [6, 6.07) is 5.63. The molecule has 0 radical (unpaired) electrons. The zero-order valence-corrected chi connectivity index (χ0v) is 13.7. The molecule has 24 heavy (non-hydrogen) atoms. The minimum Gasteiger partial charge on any atom is -0.333 e. The minimum atomic E-state index is -0.0537. The fourth-order valence-corrected chi connectivity index (χ4v) is 3.65. The smallest absolute Gasteiger partial charge is 0.273 e. The van der Waals surface area contributed by atoms with E-state index in [2.05, 4.69) is 15.0 Å². The molecular formula is C18H21N5O. The summed E-state index contributed by atoms with van der Waals surface area (Å²) in [5.74, 6) is 1.86. The van der Waals surface area contributed by atoms with Gasteiger partial charge in [-0.25, -0.2) is 15.0 Å². The summed E-state index contributed by atoms with van der Waals surface area (Å²) in [6.45, 7) is 3.17. The maximum atomic E-state index is 13.2. The van der Waals surface area contributed by atoms with Crippen LogP contribution in [0.5, 0.6) is 0 Å². The van der Waals surface area contributed by atoms with Crippen molar-refractivity contribution in [3.63, 3.8) is 0 Å². The highest BCUT2D eigenvalue weighted by atomic mass is 16.2. The quantitative estimate of drug-likeness (QED) is 0.928. The summed E-state index contributed by atoms with van der Waals surface area (Å²) >= 11 is 0. The Labute approximate surface area is 141 Å². The monoisotopic (exact) mass is 323 g/mol. The van der Waals surface area contributed by atoms with Gasteiger partial charge < -0.3 is 10.6 Å². The van der Waals surface area contributed by atoms with Gasteiger partial charge in [-0.15, -0.1) is 0 Å². The van der Waals surface area contributed by atoms with Crippen LogP contribution in [-0.2, 0) is 0 Å². The molecule has 1 saturated carbocycles. The van der Waals surface area contributed by atoms with Crippen LogP contribution < -0.4 is 5.73 Å². The van der Waals surface area contributed by atoms with Crippen molar-refractivity contribution in [3.05, 3.63) is 42.0 Å². The number of likely N-dealkylation sites (tertiary alicyclic amines) is 1. The Balaban J connectivity index is 1.72. The van der Waals surface area contributed by atoms with Gasteiger partial charge in [0.15, 0.2) is 5.82 Å². The van der Waals surface area contributed by atoms with Gasteiger partial charge in [0.2, 0.25) is 0 Å². The molecule has 6 heteroatoms. The zero-order chi connectivity index (χ0) is 16.7. The van der Waals surface area contributed by atoms with Gasteiger partial charge in [0.25, 0.3) is 5.91 Å². The normalized spacial score (nSPS) is 25.2. The Kier molecular flexibility index (Phi) is 3.76. The second-order valence-corrected chi connectivity index (χ2v) is 6.76. The number of aromatic nitrogens is 3. The van der Waals surface area contributed by atoms with Crippen molar-refractivity contribution < 1.29 is 4.79 Å². The van der Waals surface area contributed by atoms with Gasteiger partial charge in [0.05, 0.1) is 5.56 Å². The average molecular weight is 323 g/mol. The Morgan fingerprint density at radius 2 is 2.04 bits per heavy atom. The number of fused-ring (bicyclic) bond motifs is 1. The number of pyridine rings is 1. The third-order valence-corrected chi connectivity index (χ3v) is 5.09.